The van der Waals surface area contributed by atoms with Gasteiger partial charge in [0.2, 0.25) is 0 Å². The summed E-state index contributed by atoms with van der Waals surface area (Å²) in [4.78, 5) is 19.6. The monoisotopic (exact) mass is 517 g/mol. The van der Waals surface area contributed by atoms with Crippen molar-refractivity contribution in [3.63, 3.8) is 0 Å². The molecule has 5 rings (SSSR count). The Morgan fingerprint density at radius 1 is 1.11 bits per heavy atom. The Morgan fingerprint density at radius 2 is 1.92 bits per heavy atom. The molecule has 5 N–H and O–H groups in total. The number of amidine groups is 1. The maximum Gasteiger partial charge on any atom is 0.251 e. The van der Waals surface area contributed by atoms with E-state index in [2.05, 4.69) is 63.2 Å². The lowest BCUT2D eigenvalue weighted by molar-refractivity contribution is 0.0920. The van der Waals surface area contributed by atoms with Crippen LogP contribution in [0.4, 0.5) is 5.82 Å². The van der Waals surface area contributed by atoms with Gasteiger partial charge in [-0.15, -0.1) is 0 Å². The van der Waals surface area contributed by atoms with Crippen molar-refractivity contribution in [3.05, 3.63) is 71.1 Å². The molecule has 3 aliphatic heterocycles. The molecule has 2 saturated heterocycles. The summed E-state index contributed by atoms with van der Waals surface area (Å²) < 4.78 is 0. The second kappa shape index (κ2) is 11.1. The number of anilines is 1. The molecule has 9 nitrogen and oxygen atoms in total. The number of nitrogens with zero attached hydrogens (tertiary/aromatic N) is 3. The molecule has 1 amide bonds. The van der Waals surface area contributed by atoms with Gasteiger partial charge >= 0.3 is 0 Å². The third-order valence-electron chi connectivity index (χ3n) is 7.50. The molecule has 2 unspecified atom stereocenters. The number of amides is 1. The third kappa shape index (κ3) is 6.16. The summed E-state index contributed by atoms with van der Waals surface area (Å²) in [5.74, 6) is 1.33. The van der Waals surface area contributed by atoms with Crippen LogP contribution in [0.2, 0.25) is 0 Å². The van der Waals surface area contributed by atoms with E-state index in [0.717, 1.165) is 38.2 Å². The molecule has 0 bridgehead atoms. The summed E-state index contributed by atoms with van der Waals surface area (Å²) in [5.41, 5.74) is 6.49. The van der Waals surface area contributed by atoms with Crippen LogP contribution in [0.3, 0.4) is 0 Å². The first kappa shape index (κ1) is 26.2. The number of carbonyl (C=O) groups is 1. The Hall–Kier alpha value is -3.43. The minimum atomic E-state index is -0.951. The lowest BCUT2D eigenvalue weighted by atomic mass is 9.86. The predicted molar refractivity (Wildman–Crippen MR) is 150 cm³/mol. The highest BCUT2D eigenvalue weighted by Gasteiger charge is 2.27. The number of aliphatic hydroxyl groups is 1. The number of likely N-dealkylation sites (tertiary alicyclic amines) is 1. The fraction of sp³-hybridized carbons (Fsp3) is 0.483. The highest BCUT2D eigenvalue weighted by Crippen LogP contribution is 2.24. The van der Waals surface area contributed by atoms with E-state index in [4.69, 9.17) is 0 Å². The summed E-state index contributed by atoms with van der Waals surface area (Å²) in [6.45, 7) is 9.01. The first-order chi connectivity index (χ1) is 18.3. The number of nitrogens with one attached hydrogen (secondary N) is 4. The zero-order valence-corrected chi connectivity index (χ0v) is 22.5. The third-order valence-corrected chi connectivity index (χ3v) is 7.50. The summed E-state index contributed by atoms with van der Waals surface area (Å²) in [6, 6.07) is 12.3. The topological polar surface area (TPSA) is 114 Å². The van der Waals surface area contributed by atoms with E-state index in [1.165, 1.54) is 17.5 Å². The molecule has 3 aliphatic rings. The van der Waals surface area contributed by atoms with E-state index < -0.39 is 6.23 Å². The van der Waals surface area contributed by atoms with Gasteiger partial charge in [0, 0.05) is 43.0 Å². The normalized spacial score (nSPS) is 23.8. The van der Waals surface area contributed by atoms with Crippen LogP contribution in [0.15, 0.2) is 59.5 Å². The number of piperidine rings is 1. The van der Waals surface area contributed by atoms with Crippen molar-refractivity contribution in [1.29, 1.82) is 0 Å². The average molecular weight is 518 g/mol. The minimum absolute atomic E-state index is 0.0105. The number of rotatable bonds is 5. The average Bonchev–Trinajstić information content (AvgIpc) is 3.45. The van der Waals surface area contributed by atoms with Crippen LogP contribution in [0.1, 0.15) is 74.0 Å². The van der Waals surface area contributed by atoms with Crippen LogP contribution < -0.4 is 21.4 Å². The second-order valence-electron chi connectivity index (χ2n) is 11.4. The number of hydrazone groups is 1. The predicted octanol–water partition coefficient (Wildman–Crippen LogP) is 3.23. The van der Waals surface area contributed by atoms with E-state index in [0.29, 0.717) is 29.7 Å². The smallest absolute Gasteiger partial charge is 0.251 e. The fourth-order valence-corrected chi connectivity index (χ4v) is 5.21. The number of carbonyl (C=O) groups excluding carboxylic acids is 1. The van der Waals surface area contributed by atoms with Gasteiger partial charge < -0.3 is 26.0 Å². The van der Waals surface area contributed by atoms with E-state index in [1.807, 2.05) is 42.6 Å². The van der Waals surface area contributed by atoms with Gasteiger partial charge in [0.1, 0.15) is 5.82 Å². The maximum absolute atomic E-state index is 12.9. The Kier molecular flexibility index (Phi) is 7.67. The second-order valence-corrected chi connectivity index (χ2v) is 11.4. The van der Waals surface area contributed by atoms with E-state index in [-0.39, 0.29) is 17.4 Å². The van der Waals surface area contributed by atoms with Gasteiger partial charge in [0.15, 0.2) is 12.1 Å². The summed E-state index contributed by atoms with van der Waals surface area (Å²) >= 11 is 0. The first-order valence-electron chi connectivity index (χ1n) is 13.6. The quantitative estimate of drug-likeness (QED) is 0.414. The maximum atomic E-state index is 12.9. The molecular weight excluding hydrogens is 478 g/mol. The van der Waals surface area contributed by atoms with Crippen LogP contribution in [0.5, 0.6) is 0 Å². The largest absolute Gasteiger partial charge is 0.367 e. The number of benzene rings is 1. The Balaban J connectivity index is 1.20. The zero-order valence-electron chi connectivity index (χ0n) is 22.5. The van der Waals surface area contributed by atoms with E-state index in [1.54, 1.807) is 0 Å². The molecule has 2 aromatic rings. The van der Waals surface area contributed by atoms with Gasteiger partial charge in [-0.25, -0.2) is 4.98 Å². The van der Waals surface area contributed by atoms with Crippen molar-refractivity contribution in [2.75, 3.05) is 25.0 Å². The van der Waals surface area contributed by atoms with Crippen molar-refractivity contribution in [2.45, 2.75) is 70.2 Å². The Morgan fingerprint density at radius 3 is 2.61 bits per heavy atom. The van der Waals surface area contributed by atoms with E-state index >= 15 is 0 Å². The first-order valence-corrected chi connectivity index (χ1v) is 13.6. The van der Waals surface area contributed by atoms with Crippen molar-refractivity contribution < 1.29 is 9.90 Å². The van der Waals surface area contributed by atoms with Crippen LogP contribution in [0, 0.1) is 0 Å². The van der Waals surface area contributed by atoms with Crippen molar-refractivity contribution >= 4 is 17.6 Å². The molecule has 0 aliphatic carbocycles. The minimum Gasteiger partial charge on any atom is -0.367 e. The molecule has 38 heavy (non-hydrogen) atoms. The highest BCUT2D eigenvalue weighted by molar-refractivity contribution is 5.95. The Labute approximate surface area is 224 Å². The van der Waals surface area contributed by atoms with Gasteiger partial charge in [0.25, 0.3) is 5.91 Å². The van der Waals surface area contributed by atoms with Crippen LogP contribution >= 0.6 is 0 Å². The van der Waals surface area contributed by atoms with Gasteiger partial charge in [-0.3, -0.25) is 10.2 Å². The number of aromatic nitrogens is 1. The lowest BCUT2D eigenvalue weighted by Crippen LogP contribution is -2.51. The molecule has 9 heteroatoms. The highest BCUT2D eigenvalue weighted by atomic mass is 16.3. The Bertz CT molecular complexity index is 1180. The summed E-state index contributed by atoms with van der Waals surface area (Å²) in [6.07, 6.45) is 6.94. The van der Waals surface area contributed by atoms with Crippen molar-refractivity contribution in [2.24, 2.45) is 5.10 Å². The van der Waals surface area contributed by atoms with Gasteiger partial charge in [-0.05, 0) is 67.0 Å². The molecule has 1 aromatic carbocycles. The standard InChI is InChI=1S/C29H39N7O2/c1-29(2,3)21-11-8-19(9-12-21)27(37)32-22-6-5-15-36(18-22)26-16-24(28(38)35-34-26)33-25-13-10-20(17-31-25)23-7-4-14-30-23/h8-13,16-17,22-23,28,30,35,38H,4-7,14-15,18H2,1-3H3,(H,31,33)(H,32,37)/t22-,23?,28?/m1/s1. The number of hydrogen-bond donors (Lipinski definition) is 5. The van der Waals surface area contributed by atoms with Gasteiger partial charge in [-0.2, -0.15) is 5.10 Å². The molecule has 2 fully saturated rings. The number of hydrogen-bond acceptors (Lipinski definition) is 8. The molecule has 0 saturated carbocycles. The SMILES string of the molecule is CC(C)(C)c1ccc(C(=O)N[C@@H]2CCCN(C3=NNC(O)C(Nc4ccc(C5CCCN5)cn4)=C3)C2)cc1. The number of pyridine rings is 1. The van der Waals surface area contributed by atoms with E-state index in [9.17, 15) is 9.90 Å². The number of aliphatic hydroxyl groups excluding tert-OH is 1. The molecule has 0 radical (unpaired) electrons. The molecule has 3 atom stereocenters. The van der Waals surface area contributed by atoms with Crippen LogP contribution in [0.25, 0.3) is 0 Å². The zero-order chi connectivity index (χ0) is 26.7. The van der Waals surface area contributed by atoms with Gasteiger partial charge in [0.05, 0.1) is 5.70 Å². The molecule has 0 spiro atoms. The molecule has 202 valence electrons. The van der Waals surface area contributed by atoms with Crippen LogP contribution in [-0.4, -0.2) is 58.6 Å². The fourth-order valence-electron chi connectivity index (χ4n) is 5.21. The lowest BCUT2D eigenvalue weighted by Gasteiger charge is -2.36. The molecule has 1 aromatic heterocycles. The van der Waals surface area contributed by atoms with Gasteiger partial charge in [-0.1, -0.05) is 39.0 Å². The van der Waals surface area contributed by atoms with Crippen molar-refractivity contribution in [1.82, 2.24) is 25.9 Å². The molecular formula is C29H39N7O2. The van der Waals surface area contributed by atoms with Crippen LogP contribution in [-0.2, 0) is 5.41 Å². The molecule has 4 heterocycles. The van der Waals surface area contributed by atoms with Crippen molar-refractivity contribution in [3.8, 4) is 0 Å². The summed E-state index contributed by atoms with van der Waals surface area (Å²) in [7, 11) is 0. The summed E-state index contributed by atoms with van der Waals surface area (Å²) in [5, 5.41) is 24.8.